The SMILES string of the molecule is CCc1nc(C)c2c(=O)n(CCCCN3CCN(c4ccccc4OC)CC3)c3ccc(OC)nc3n12. The van der Waals surface area contributed by atoms with E-state index in [0.29, 0.717) is 17.9 Å². The number of aryl methyl sites for hydroxylation is 3. The molecule has 0 radical (unpaired) electrons. The predicted octanol–water partition coefficient (Wildman–Crippen LogP) is 3.53. The molecular weight excluding hydrogens is 468 g/mol. The van der Waals surface area contributed by atoms with Gasteiger partial charge in [-0.25, -0.2) is 4.98 Å². The van der Waals surface area contributed by atoms with Gasteiger partial charge in [-0.05, 0) is 44.5 Å². The van der Waals surface area contributed by atoms with Crippen molar-refractivity contribution in [1.29, 1.82) is 0 Å². The first kappa shape index (κ1) is 25.1. The van der Waals surface area contributed by atoms with E-state index < -0.39 is 0 Å². The summed E-state index contributed by atoms with van der Waals surface area (Å²) >= 11 is 0. The number of imidazole rings is 1. The molecule has 1 aliphatic heterocycles. The number of para-hydroxylation sites is 2. The number of ether oxygens (including phenoxy) is 2. The molecule has 37 heavy (non-hydrogen) atoms. The van der Waals surface area contributed by atoms with Gasteiger partial charge in [0.15, 0.2) is 5.65 Å². The van der Waals surface area contributed by atoms with E-state index in [9.17, 15) is 4.79 Å². The monoisotopic (exact) mass is 504 g/mol. The lowest BCUT2D eigenvalue weighted by molar-refractivity contribution is 0.250. The summed E-state index contributed by atoms with van der Waals surface area (Å²) in [5.74, 6) is 2.30. The maximum Gasteiger partial charge on any atom is 0.277 e. The number of hydrogen-bond acceptors (Lipinski definition) is 7. The van der Waals surface area contributed by atoms with Crippen molar-refractivity contribution in [3.05, 3.63) is 58.3 Å². The fourth-order valence-corrected chi connectivity index (χ4v) is 5.38. The van der Waals surface area contributed by atoms with Gasteiger partial charge in [-0.15, -0.1) is 0 Å². The van der Waals surface area contributed by atoms with Crippen LogP contribution >= 0.6 is 0 Å². The predicted molar refractivity (Wildman–Crippen MR) is 146 cm³/mol. The number of methoxy groups -OCH3 is 2. The third kappa shape index (κ3) is 4.75. The summed E-state index contributed by atoms with van der Waals surface area (Å²) in [4.78, 5) is 27.9. The summed E-state index contributed by atoms with van der Waals surface area (Å²) in [6, 6.07) is 12.0. The van der Waals surface area contributed by atoms with Gasteiger partial charge < -0.3 is 18.9 Å². The van der Waals surface area contributed by atoms with Crippen LogP contribution in [0.15, 0.2) is 41.2 Å². The molecule has 4 aromatic rings. The number of piperazine rings is 1. The Morgan fingerprint density at radius 3 is 2.41 bits per heavy atom. The summed E-state index contributed by atoms with van der Waals surface area (Å²) in [5, 5.41) is 0. The third-order valence-electron chi connectivity index (χ3n) is 7.33. The number of pyridine rings is 1. The summed E-state index contributed by atoms with van der Waals surface area (Å²) in [6.45, 7) is 9.61. The van der Waals surface area contributed by atoms with Crippen molar-refractivity contribution in [2.24, 2.45) is 0 Å². The first-order chi connectivity index (χ1) is 18.0. The molecule has 0 spiro atoms. The number of unbranched alkanes of at least 4 members (excludes halogenated alkanes) is 1. The molecule has 196 valence electrons. The van der Waals surface area contributed by atoms with Crippen LogP contribution in [0.5, 0.6) is 11.6 Å². The molecule has 0 amide bonds. The number of hydrogen-bond donors (Lipinski definition) is 0. The summed E-state index contributed by atoms with van der Waals surface area (Å²) < 4.78 is 14.7. The lowest BCUT2D eigenvalue weighted by Crippen LogP contribution is -2.46. The van der Waals surface area contributed by atoms with Gasteiger partial charge >= 0.3 is 0 Å². The van der Waals surface area contributed by atoms with Gasteiger partial charge in [-0.3, -0.25) is 14.1 Å². The number of rotatable bonds is 9. The molecule has 0 atom stereocenters. The Morgan fingerprint density at radius 1 is 0.919 bits per heavy atom. The van der Waals surface area contributed by atoms with Crippen LogP contribution in [-0.2, 0) is 13.0 Å². The average Bonchev–Trinajstić information content (AvgIpc) is 3.29. The fourth-order valence-electron chi connectivity index (χ4n) is 5.38. The Balaban J connectivity index is 1.27. The summed E-state index contributed by atoms with van der Waals surface area (Å²) in [6.07, 6.45) is 2.66. The molecule has 0 bridgehead atoms. The molecule has 9 heteroatoms. The van der Waals surface area contributed by atoms with Gasteiger partial charge in [0.2, 0.25) is 5.88 Å². The van der Waals surface area contributed by atoms with Gasteiger partial charge in [0.25, 0.3) is 5.56 Å². The van der Waals surface area contributed by atoms with Crippen molar-refractivity contribution in [2.45, 2.75) is 39.7 Å². The topological polar surface area (TPSA) is 77.1 Å². The van der Waals surface area contributed by atoms with Crippen LogP contribution in [0, 0.1) is 6.92 Å². The molecule has 5 rings (SSSR count). The molecule has 1 aliphatic rings. The highest BCUT2D eigenvalue weighted by atomic mass is 16.5. The van der Waals surface area contributed by atoms with E-state index in [2.05, 4.69) is 26.9 Å². The maximum atomic E-state index is 13.6. The van der Waals surface area contributed by atoms with Gasteiger partial charge in [0, 0.05) is 45.2 Å². The first-order valence-electron chi connectivity index (χ1n) is 13.1. The highest BCUT2D eigenvalue weighted by Crippen LogP contribution is 2.28. The van der Waals surface area contributed by atoms with Crippen molar-refractivity contribution in [3.8, 4) is 11.6 Å². The van der Waals surface area contributed by atoms with E-state index in [1.54, 1.807) is 14.2 Å². The Bertz CT molecular complexity index is 1450. The normalized spacial score (nSPS) is 14.5. The van der Waals surface area contributed by atoms with E-state index in [1.165, 1.54) is 0 Å². The summed E-state index contributed by atoms with van der Waals surface area (Å²) in [7, 11) is 3.34. The molecule has 0 saturated carbocycles. The van der Waals surface area contributed by atoms with E-state index in [0.717, 1.165) is 86.1 Å². The van der Waals surface area contributed by atoms with Crippen molar-refractivity contribution in [3.63, 3.8) is 0 Å². The lowest BCUT2D eigenvalue weighted by Gasteiger charge is -2.36. The molecule has 0 unspecified atom stereocenters. The second kappa shape index (κ2) is 10.8. The van der Waals surface area contributed by atoms with Crippen LogP contribution in [0.25, 0.3) is 16.7 Å². The van der Waals surface area contributed by atoms with E-state index in [1.807, 2.05) is 47.1 Å². The van der Waals surface area contributed by atoms with Crippen LogP contribution in [0.2, 0.25) is 0 Å². The molecule has 1 fully saturated rings. The molecule has 9 nitrogen and oxygen atoms in total. The third-order valence-corrected chi connectivity index (χ3v) is 7.33. The summed E-state index contributed by atoms with van der Waals surface area (Å²) in [5.41, 5.74) is 4.05. The van der Waals surface area contributed by atoms with E-state index in [-0.39, 0.29) is 5.56 Å². The van der Waals surface area contributed by atoms with E-state index in [4.69, 9.17) is 14.5 Å². The van der Waals surface area contributed by atoms with Crippen LogP contribution in [0.3, 0.4) is 0 Å². The van der Waals surface area contributed by atoms with E-state index >= 15 is 0 Å². The molecule has 4 heterocycles. The Labute approximate surface area is 217 Å². The highest BCUT2D eigenvalue weighted by molar-refractivity contribution is 5.77. The molecule has 0 N–H and O–H groups in total. The van der Waals surface area contributed by atoms with Gasteiger partial charge in [0.1, 0.15) is 17.1 Å². The Kier molecular flexibility index (Phi) is 7.32. The number of benzene rings is 1. The lowest BCUT2D eigenvalue weighted by atomic mass is 10.2. The Hall–Kier alpha value is -3.59. The Morgan fingerprint density at radius 2 is 1.68 bits per heavy atom. The fraction of sp³-hybridized carbons (Fsp3) is 0.464. The highest BCUT2D eigenvalue weighted by Gasteiger charge is 2.21. The van der Waals surface area contributed by atoms with Gasteiger partial charge in [0.05, 0.1) is 31.1 Å². The van der Waals surface area contributed by atoms with Crippen molar-refractivity contribution >= 4 is 22.4 Å². The van der Waals surface area contributed by atoms with Crippen LogP contribution < -0.4 is 19.9 Å². The molecule has 0 aliphatic carbocycles. The largest absolute Gasteiger partial charge is 0.495 e. The average molecular weight is 505 g/mol. The van der Waals surface area contributed by atoms with Crippen LogP contribution in [0.4, 0.5) is 5.69 Å². The zero-order valence-corrected chi connectivity index (χ0v) is 22.2. The van der Waals surface area contributed by atoms with Gasteiger partial charge in [-0.1, -0.05) is 19.1 Å². The first-order valence-corrected chi connectivity index (χ1v) is 13.1. The van der Waals surface area contributed by atoms with Crippen molar-refractivity contribution in [2.75, 3.05) is 51.8 Å². The number of anilines is 1. The number of aromatic nitrogens is 4. The quantitative estimate of drug-likeness (QED) is 0.323. The number of nitrogens with zero attached hydrogens (tertiary/aromatic N) is 6. The standard InChI is InChI=1S/C28H36N6O3/c1-5-24-29-20(2)26-28(35)33(22-12-13-25(37-4)30-27(22)34(24)26)15-9-8-14-31-16-18-32(19-17-31)21-10-6-7-11-23(21)36-3/h6-7,10-13H,5,8-9,14-19H2,1-4H3. The maximum absolute atomic E-state index is 13.6. The van der Waals surface area contributed by atoms with Gasteiger partial charge in [-0.2, -0.15) is 4.98 Å². The second-order valence-electron chi connectivity index (χ2n) is 9.51. The van der Waals surface area contributed by atoms with Crippen molar-refractivity contribution < 1.29 is 9.47 Å². The zero-order chi connectivity index (χ0) is 25.9. The minimum Gasteiger partial charge on any atom is -0.495 e. The number of fused-ring (bicyclic) bond motifs is 3. The van der Waals surface area contributed by atoms with Crippen LogP contribution in [-0.4, -0.2) is 70.8 Å². The molecule has 1 saturated heterocycles. The molecule has 1 aromatic carbocycles. The zero-order valence-electron chi connectivity index (χ0n) is 22.2. The smallest absolute Gasteiger partial charge is 0.277 e. The van der Waals surface area contributed by atoms with Crippen LogP contribution in [0.1, 0.15) is 31.3 Å². The van der Waals surface area contributed by atoms with Crippen molar-refractivity contribution in [1.82, 2.24) is 23.8 Å². The molecule has 3 aromatic heterocycles. The molecular formula is C28H36N6O3. The minimum atomic E-state index is -0.00501. The minimum absolute atomic E-state index is 0.00501. The second-order valence-corrected chi connectivity index (χ2v) is 9.51.